The van der Waals surface area contributed by atoms with Crippen LogP contribution in [0.15, 0.2) is 48.5 Å². The first-order chi connectivity index (χ1) is 15.4. The second-order valence-electron chi connectivity index (χ2n) is 8.88. The number of nitrogens with zero attached hydrogens (tertiary/aromatic N) is 1. The molecule has 1 saturated carbocycles. The molecule has 0 aromatic heterocycles. The SMILES string of the molecule is CCOc1ccccc1C1C2CCCCC2(O)CCN1C(=O)c1cccc(NC(C)=O)c1. The Bertz CT molecular complexity index is 991. The second kappa shape index (κ2) is 9.33. The van der Waals surface area contributed by atoms with Crippen molar-refractivity contribution < 1.29 is 19.4 Å². The summed E-state index contributed by atoms with van der Waals surface area (Å²) in [4.78, 5) is 27.1. The van der Waals surface area contributed by atoms with E-state index in [2.05, 4.69) is 5.32 Å². The summed E-state index contributed by atoms with van der Waals surface area (Å²) >= 11 is 0. The van der Waals surface area contributed by atoms with E-state index in [4.69, 9.17) is 4.74 Å². The number of aliphatic hydroxyl groups is 1. The molecule has 2 N–H and O–H groups in total. The molecule has 1 aliphatic carbocycles. The van der Waals surface area contributed by atoms with Gasteiger partial charge in [-0.05, 0) is 50.5 Å². The highest BCUT2D eigenvalue weighted by Crippen LogP contribution is 2.51. The maximum absolute atomic E-state index is 13.8. The van der Waals surface area contributed by atoms with Crippen LogP contribution in [0.2, 0.25) is 0 Å². The molecule has 2 aliphatic rings. The topological polar surface area (TPSA) is 78.9 Å². The molecule has 2 fully saturated rings. The summed E-state index contributed by atoms with van der Waals surface area (Å²) < 4.78 is 5.93. The number of benzene rings is 2. The van der Waals surface area contributed by atoms with Gasteiger partial charge in [-0.15, -0.1) is 0 Å². The molecule has 4 rings (SSSR count). The van der Waals surface area contributed by atoms with E-state index >= 15 is 0 Å². The van der Waals surface area contributed by atoms with Crippen LogP contribution in [0, 0.1) is 5.92 Å². The van der Waals surface area contributed by atoms with Crippen LogP contribution in [0.5, 0.6) is 5.75 Å². The van der Waals surface area contributed by atoms with E-state index in [9.17, 15) is 14.7 Å². The number of carbonyl (C=O) groups is 2. The lowest BCUT2D eigenvalue weighted by molar-refractivity contribution is -0.115. The molecule has 170 valence electrons. The van der Waals surface area contributed by atoms with Crippen molar-refractivity contribution in [1.29, 1.82) is 0 Å². The Hall–Kier alpha value is -2.86. The van der Waals surface area contributed by atoms with Gasteiger partial charge in [0.2, 0.25) is 5.91 Å². The van der Waals surface area contributed by atoms with E-state index in [-0.39, 0.29) is 23.8 Å². The van der Waals surface area contributed by atoms with E-state index in [1.165, 1.54) is 6.92 Å². The number of hydrogen-bond acceptors (Lipinski definition) is 4. The van der Waals surface area contributed by atoms with Crippen LogP contribution >= 0.6 is 0 Å². The Morgan fingerprint density at radius 2 is 1.97 bits per heavy atom. The summed E-state index contributed by atoms with van der Waals surface area (Å²) in [7, 11) is 0. The van der Waals surface area contributed by atoms with Crippen molar-refractivity contribution in [2.45, 2.75) is 57.6 Å². The van der Waals surface area contributed by atoms with Gasteiger partial charge in [-0.25, -0.2) is 0 Å². The lowest BCUT2D eigenvalue weighted by Gasteiger charge is -2.52. The van der Waals surface area contributed by atoms with Crippen molar-refractivity contribution in [3.05, 3.63) is 59.7 Å². The molecule has 0 radical (unpaired) electrons. The summed E-state index contributed by atoms with van der Waals surface area (Å²) in [5.74, 6) is 0.443. The number of fused-ring (bicyclic) bond motifs is 1. The molecule has 2 amide bonds. The Balaban J connectivity index is 1.75. The number of anilines is 1. The molecule has 1 saturated heterocycles. The zero-order valence-electron chi connectivity index (χ0n) is 18.8. The number of rotatable bonds is 5. The minimum Gasteiger partial charge on any atom is -0.494 e. The van der Waals surface area contributed by atoms with Crippen molar-refractivity contribution in [2.75, 3.05) is 18.5 Å². The summed E-state index contributed by atoms with van der Waals surface area (Å²) in [6, 6.07) is 14.6. The maximum Gasteiger partial charge on any atom is 0.254 e. The first-order valence-corrected chi connectivity index (χ1v) is 11.6. The van der Waals surface area contributed by atoms with Crippen molar-refractivity contribution in [1.82, 2.24) is 4.90 Å². The van der Waals surface area contributed by atoms with Crippen LogP contribution in [0.3, 0.4) is 0 Å². The van der Waals surface area contributed by atoms with Gasteiger partial charge in [0, 0.05) is 36.2 Å². The Morgan fingerprint density at radius 3 is 2.75 bits per heavy atom. The molecule has 3 unspecified atom stereocenters. The van der Waals surface area contributed by atoms with Crippen LogP contribution in [-0.4, -0.2) is 40.6 Å². The number of piperidine rings is 1. The van der Waals surface area contributed by atoms with Gasteiger partial charge in [-0.2, -0.15) is 0 Å². The van der Waals surface area contributed by atoms with Crippen molar-refractivity contribution in [2.24, 2.45) is 5.92 Å². The van der Waals surface area contributed by atoms with E-state index in [1.807, 2.05) is 36.1 Å². The molecule has 6 heteroatoms. The fourth-order valence-electron chi connectivity index (χ4n) is 5.41. The monoisotopic (exact) mass is 436 g/mol. The minimum atomic E-state index is -0.767. The van der Waals surface area contributed by atoms with E-state index in [0.717, 1.165) is 37.0 Å². The first-order valence-electron chi connectivity index (χ1n) is 11.6. The fourth-order valence-corrected chi connectivity index (χ4v) is 5.41. The average Bonchev–Trinajstić information content (AvgIpc) is 2.78. The molecule has 32 heavy (non-hydrogen) atoms. The van der Waals surface area contributed by atoms with E-state index in [0.29, 0.717) is 30.8 Å². The van der Waals surface area contributed by atoms with Gasteiger partial charge in [0.25, 0.3) is 5.91 Å². The lowest BCUT2D eigenvalue weighted by atomic mass is 9.66. The number of hydrogen-bond donors (Lipinski definition) is 2. The molecule has 1 aliphatic heterocycles. The molecular formula is C26H32N2O4. The summed E-state index contributed by atoms with van der Waals surface area (Å²) in [5.41, 5.74) is 1.31. The summed E-state index contributed by atoms with van der Waals surface area (Å²) in [5, 5.41) is 14.3. The summed E-state index contributed by atoms with van der Waals surface area (Å²) in [6.45, 7) is 4.40. The molecule has 1 heterocycles. The van der Waals surface area contributed by atoms with Gasteiger partial charge in [0.1, 0.15) is 5.75 Å². The minimum absolute atomic E-state index is 0.0471. The largest absolute Gasteiger partial charge is 0.494 e. The number of nitrogens with one attached hydrogen (secondary N) is 1. The highest BCUT2D eigenvalue weighted by molar-refractivity contribution is 5.97. The molecular weight excluding hydrogens is 404 g/mol. The van der Waals surface area contributed by atoms with Gasteiger partial charge >= 0.3 is 0 Å². The smallest absolute Gasteiger partial charge is 0.254 e. The van der Waals surface area contributed by atoms with Gasteiger partial charge in [0.15, 0.2) is 0 Å². The fraction of sp³-hybridized carbons (Fsp3) is 0.462. The van der Waals surface area contributed by atoms with Gasteiger partial charge in [-0.3, -0.25) is 9.59 Å². The molecule has 0 bridgehead atoms. The molecule has 2 aromatic rings. The molecule has 6 nitrogen and oxygen atoms in total. The highest BCUT2D eigenvalue weighted by atomic mass is 16.5. The Kier molecular flexibility index (Phi) is 6.51. The quantitative estimate of drug-likeness (QED) is 0.721. The third-order valence-electron chi connectivity index (χ3n) is 6.80. The number of carbonyl (C=O) groups excluding carboxylic acids is 2. The van der Waals surface area contributed by atoms with Crippen LogP contribution in [-0.2, 0) is 4.79 Å². The van der Waals surface area contributed by atoms with Crippen LogP contribution in [0.4, 0.5) is 5.69 Å². The van der Waals surface area contributed by atoms with Gasteiger partial charge in [-0.1, -0.05) is 37.1 Å². The van der Waals surface area contributed by atoms with E-state index in [1.54, 1.807) is 24.3 Å². The predicted octanol–water partition coefficient (Wildman–Crippen LogP) is 4.55. The molecule has 2 aromatic carbocycles. The molecule has 0 spiro atoms. The standard InChI is InChI=1S/C26H32N2O4/c1-3-32-23-13-5-4-11-21(23)24-22-12-6-7-14-26(22,31)15-16-28(24)25(30)19-9-8-10-20(17-19)27-18(2)29/h4-5,8-11,13,17,22,24,31H,3,6-7,12,14-16H2,1-2H3,(H,27,29). The second-order valence-corrected chi connectivity index (χ2v) is 8.88. The third kappa shape index (κ3) is 4.37. The number of ether oxygens (including phenoxy) is 1. The number of para-hydroxylation sites is 1. The normalized spacial score (nSPS) is 25.0. The van der Waals surface area contributed by atoms with E-state index < -0.39 is 5.60 Å². The zero-order valence-corrected chi connectivity index (χ0v) is 18.8. The lowest BCUT2D eigenvalue weighted by Crippen LogP contribution is -2.56. The zero-order chi connectivity index (χ0) is 22.7. The average molecular weight is 437 g/mol. The van der Waals surface area contributed by atoms with Crippen LogP contribution < -0.4 is 10.1 Å². The Labute approximate surface area is 189 Å². The maximum atomic E-state index is 13.8. The van der Waals surface area contributed by atoms with Crippen molar-refractivity contribution in [3.8, 4) is 5.75 Å². The third-order valence-corrected chi connectivity index (χ3v) is 6.80. The number of amides is 2. The van der Waals surface area contributed by atoms with Gasteiger partial charge < -0.3 is 20.1 Å². The van der Waals surface area contributed by atoms with Gasteiger partial charge in [0.05, 0.1) is 18.2 Å². The first kappa shape index (κ1) is 22.3. The molecule has 3 atom stereocenters. The highest BCUT2D eigenvalue weighted by Gasteiger charge is 2.50. The van der Waals surface area contributed by atoms with Crippen molar-refractivity contribution in [3.63, 3.8) is 0 Å². The van der Waals surface area contributed by atoms with Crippen LogP contribution in [0.1, 0.15) is 67.9 Å². The number of likely N-dealkylation sites (tertiary alicyclic amines) is 1. The Morgan fingerprint density at radius 1 is 1.16 bits per heavy atom. The van der Waals surface area contributed by atoms with Crippen LogP contribution in [0.25, 0.3) is 0 Å². The predicted molar refractivity (Wildman–Crippen MR) is 124 cm³/mol. The summed E-state index contributed by atoms with van der Waals surface area (Å²) in [6.07, 6.45) is 4.27. The van der Waals surface area contributed by atoms with Crippen molar-refractivity contribution >= 4 is 17.5 Å².